The SMILES string of the molecule is CC(c1cccc(N)c1)N(CCO)CCO. The molecule has 1 rings (SSSR count). The lowest BCUT2D eigenvalue weighted by Gasteiger charge is -2.28. The molecule has 1 unspecified atom stereocenters. The van der Waals surface area contributed by atoms with Gasteiger partial charge in [-0.05, 0) is 24.6 Å². The van der Waals surface area contributed by atoms with Gasteiger partial charge in [0.1, 0.15) is 0 Å². The van der Waals surface area contributed by atoms with Crippen molar-refractivity contribution in [3.8, 4) is 0 Å². The molecule has 0 heterocycles. The lowest BCUT2D eigenvalue weighted by atomic mass is 10.1. The van der Waals surface area contributed by atoms with Crippen molar-refractivity contribution in [2.45, 2.75) is 13.0 Å². The first kappa shape index (κ1) is 13.0. The standard InChI is InChI=1S/C12H20N2O2/c1-10(14(5-7-15)6-8-16)11-3-2-4-12(13)9-11/h2-4,9-10,15-16H,5-8,13H2,1H3. The van der Waals surface area contributed by atoms with Gasteiger partial charge < -0.3 is 15.9 Å². The summed E-state index contributed by atoms with van der Waals surface area (Å²) in [7, 11) is 0. The predicted molar refractivity (Wildman–Crippen MR) is 65.0 cm³/mol. The van der Waals surface area contributed by atoms with Crippen LogP contribution in [0, 0.1) is 0 Å². The number of hydrogen-bond acceptors (Lipinski definition) is 4. The van der Waals surface area contributed by atoms with Gasteiger partial charge in [0, 0.05) is 24.8 Å². The lowest BCUT2D eigenvalue weighted by Crippen LogP contribution is -2.32. The zero-order valence-corrected chi connectivity index (χ0v) is 9.63. The van der Waals surface area contributed by atoms with Crippen LogP contribution in [0.2, 0.25) is 0 Å². The third kappa shape index (κ3) is 3.48. The van der Waals surface area contributed by atoms with Gasteiger partial charge in [0.25, 0.3) is 0 Å². The summed E-state index contributed by atoms with van der Waals surface area (Å²) in [6, 6.07) is 7.83. The fraction of sp³-hybridized carbons (Fsp3) is 0.500. The van der Waals surface area contributed by atoms with Crippen molar-refractivity contribution >= 4 is 5.69 Å². The number of nitrogens with two attached hydrogens (primary N) is 1. The van der Waals surface area contributed by atoms with Gasteiger partial charge in [-0.15, -0.1) is 0 Å². The third-order valence-corrected chi connectivity index (χ3v) is 2.72. The minimum atomic E-state index is 0.0899. The second kappa shape index (κ2) is 6.48. The highest BCUT2D eigenvalue weighted by Gasteiger charge is 2.14. The van der Waals surface area contributed by atoms with E-state index in [1.165, 1.54) is 0 Å². The normalized spacial score (nSPS) is 13.0. The first-order valence-electron chi connectivity index (χ1n) is 5.50. The zero-order valence-electron chi connectivity index (χ0n) is 9.63. The van der Waals surface area contributed by atoms with E-state index in [4.69, 9.17) is 15.9 Å². The number of anilines is 1. The maximum absolute atomic E-state index is 8.97. The summed E-state index contributed by atoms with van der Waals surface area (Å²) in [4.78, 5) is 2.02. The van der Waals surface area contributed by atoms with Crippen LogP contribution in [0.4, 0.5) is 5.69 Å². The quantitative estimate of drug-likeness (QED) is 0.619. The van der Waals surface area contributed by atoms with E-state index in [1.54, 1.807) is 0 Å². The molecule has 4 N–H and O–H groups in total. The molecular weight excluding hydrogens is 204 g/mol. The zero-order chi connectivity index (χ0) is 12.0. The van der Waals surface area contributed by atoms with E-state index in [-0.39, 0.29) is 19.3 Å². The van der Waals surface area contributed by atoms with E-state index in [2.05, 4.69) is 0 Å². The number of aliphatic hydroxyl groups is 2. The summed E-state index contributed by atoms with van der Waals surface area (Å²) in [6.45, 7) is 3.33. The van der Waals surface area contributed by atoms with Crippen LogP contribution in [0.25, 0.3) is 0 Å². The van der Waals surface area contributed by atoms with Crippen molar-refractivity contribution in [3.05, 3.63) is 29.8 Å². The van der Waals surface area contributed by atoms with Gasteiger partial charge in [-0.25, -0.2) is 0 Å². The van der Waals surface area contributed by atoms with Crippen molar-refractivity contribution in [1.82, 2.24) is 4.90 Å². The van der Waals surface area contributed by atoms with Crippen molar-refractivity contribution in [3.63, 3.8) is 0 Å². The van der Waals surface area contributed by atoms with E-state index in [0.717, 1.165) is 11.3 Å². The molecular formula is C12H20N2O2. The number of nitrogens with zero attached hydrogens (tertiary/aromatic N) is 1. The minimum Gasteiger partial charge on any atom is -0.399 e. The average molecular weight is 224 g/mol. The Hall–Kier alpha value is -1.10. The Bertz CT molecular complexity index is 312. The Labute approximate surface area is 96.3 Å². The highest BCUT2D eigenvalue weighted by Crippen LogP contribution is 2.21. The molecule has 0 amide bonds. The van der Waals surface area contributed by atoms with Crippen LogP contribution < -0.4 is 5.73 Å². The van der Waals surface area contributed by atoms with Gasteiger partial charge in [-0.1, -0.05) is 12.1 Å². The molecule has 0 aromatic heterocycles. The first-order valence-corrected chi connectivity index (χ1v) is 5.50. The third-order valence-electron chi connectivity index (χ3n) is 2.72. The number of aliphatic hydroxyl groups excluding tert-OH is 2. The van der Waals surface area contributed by atoms with Crippen molar-refractivity contribution in [2.24, 2.45) is 0 Å². The maximum atomic E-state index is 8.97. The number of nitrogen functional groups attached to an aromatic ring is 1. The van der Waals surface area contributed by atoms with Crippen LogP contribution >= 0.6 is 0 Å². The topological polar surface area (TPSA) is 69.7 Å². The van der Waals surface area contributed by atoms with Gasteiger partial charge in [-0.2, -0.15) is 0 Å². The maximum Gasteiger partial charge on any atom is 0.0558 e. The van der Waals surface area contributed by atoms with Crippen LogP contribution in [0.3, 0.4) is 0 Å². The Morgan fingerprint density at radius 2 is 1.88 bits per heavy atom. The molecule has 1 aromatic carbocycles. The minimum absolute atomic E-state index is 0.0899. The number of benzene rings is 1. The molecule has 0 aliphatic rings. The van der Waals surface area contributed by atoms with Gasteiger partial charge in [0.2, 0.25) is 0 Å². The summed E-state index contributed by atoms with van der Waals surface area (Å²) in [6.07, 6.45) is 0. The Morgan fingerprint density at radius 1 is 1.25 bits per heavy atom. The molecule has 0 aliphatic heterocycles. The summed E-state index contributed by atoms with van der Waals surface area (Å²) >= 11 is 0. The largest absolute Gasteiger partial charge is 0.399 e. The average Bonchev–Trinajstić information content (AvgIpc) is 2.28. The Balaban J connectivity index is 2.76. The Kier molecular flexibility index (Phi) is 5.25. The van der Waals surface area contributed by atoms with Crippen LogP contribution in [0.15, 0.2) is 24.3 Å². The van der Waals surface area contributed by atoms with Gasteiger partial charge in [0.05, 0.1) is 13.2 Å². The molecule has 4 nitrogen and oxygen atoms in total. The molecule has 4 heteroatoms. The highest BCUT2D eigenvalue weighted by atomic mass is 16.3. The molecule has 0 saturated carbocycles. The van der Waals surface area contributed by atoms with Gasteiger partial charge in [-0.3, -0.25) is 4.90 Å². The number of hydrogen-bond donors (Lipinski definition) is 3. The molecule has 0 fully saturated rings. The summed E-state index contributed by atoms with van der Waals surface area (Å²) < 4.78 is 0. The second-order valence-corrected chi connectivity index (χ2v) is 3.83. The molecule has 16 heavy (non-hydrogen) atoms. The second-order valence-electron chi connectivity index (χ2n) is 3.83. The Morgan fingerprint density at radius 3 is 2.38 bits per heavy atom. The van der Waals surface area contributed by atoms with E-state index >= 15 is 0 Å². The predicted octanol–water partition coefficient (Wildman–Crippen LogP) is 0.616. The fourth-order valence-electron chi connectivity index (χ4n) is 1.79. The lowest BCUT2D eigenvalue weighted by molar-refractivity contribution is 0.129. The monoisotopic (exact) mass is 224 g/mol. The van der Waals surface area contributed by atoms with Crippen molar-refractivity contribution in [1.29, 1.82) is 0 Å². The summed E-state index contributed by atoms with van der Waals surface area (Å²) in [5, 5.41) is 17.9. The fourth-order valence-corrected chi connectivity index (χ4v) is 1.79. The molecule has 1 atom stereocenters. The molecule has 0 radical (unpaired) electrons. The van der Waals surface area contributed by atoms with E-state index < -0.39 is 0 Å². The van der Waals surface area contributed by atoms with Crippen LogP contribution in [0.1, 0.15) is 18.5 Å². The van der Waals surface area contributed by atoms with Gasteiger partial charge >= 0.3 is 0 Å². The van der Waals surface area contributed by atoms with Crippen LogP contribution in [-0.2, 0) is 0 Å². The summed E-state index contributed by atoms with van der Waals surface area (Å²) in [5.74, 6) is 0. The van der Waals surface area contributed by atoms with E-state index in [0.29, 0.717) is 13.1 Å². The molecule has 0 bridgehead atoms. The van der Waals surface area contributed by atoms with Crippen molar-refractivity contribution < 1.29 is 10.2 Å². The molecule has 0 saturated heterocycles. The highest BCUT2D eigenvalue weighted by molar-refractivity contribution is 5.41. The first-order chi connectivity index (χ1) is 7.69. The molecule has 0 spiro atoms. The van der Waals surface area contributed by atoms with Gasteiger partial charge in [0.15, 0.2) is 0 Å². The van der Waals surface area contributed by atoms with Crippen molar-refractivity contribution in [2.75, 3.05) is 32.0 Å². The molecule has 1 aromatic rings. The van der Waals surface area contributed by atoms with E-state index in [1.807, 2.05) is 36.1 Å². The smallest absolute Gasteiger partial charge is 0.0558 e. The summed E-state index contributed by atoms with van der Waals surface area (Å²) in [5.41, 5.74) is 7.56. The van der Waals surface area contributed by atoms with Crippen LogP contribution in [0.5, 0.6) is 0 Å². The molecule has 90 valence electrons. The van der Waals surface area contributed by atoms with E-state index in [9.17, 15) is 0 Å². The number of rotatable bonds is 6. The van der Waals surface area contributed by atoms with Crippen LogP contribution in [-0.4, -0.2) is 41.4 Å². The molecule has 0 aliphatic carbocycles.